The Bertz CT molecular complexity index is 781. The van der Waals surface area contributed by atoms with Gasteiger partial charge in [0.15, 0.2) is 14.6 Å². The molecule has 0 unspecified atom stereocenters. The number of aromatic amines is 1. The molecule has 1 aromatic carbocycles. The van der Waals surface area contributed by atoms with E-state index in [1.165, 1.54) is 19.1 Å². The van der Waals surface area contributed by atoms with Crippen molar-refractivity contribution in [3.63, 3.8) is 0 Å². The molecule has 1 aliphatic carbocycles. The zero-order chi connectivity index (χ0) is 13.6. The summed E-state index contributed by atoms with van der Waals surface area (Å²) in [5.74, 6) is 0. The molecule has 6 heteroatoms. The standard InChI is InChI=1S/C13H16N2O2S2/c1-19(16,17)11-8-4-7-10-12(11)14-13(18)15(10)9-5-2-3-6-9/h4,7-9H,2-3,5-6H2,1H3,(H,14,18). The van der Waals surface area contributed by atoms with E-state index in [-0.39, 0.29) is 0 Å². The lowest BCUT2D eigenvalue weighted by molar-refractivity contribution is 0.526. The molecule has 0 bridgehead atoms. The van der Waals surface area contributed by atoms with Gasteiger partial charge in [0.05, 0.1) is 15.9 Å². The summed E-state index contributed by atoms with van der Waals surface area (Å²) in [6.45, 7) is 0. The molecule has 1 aliphatic rings. The van der Waals surface area contributed by atoms with E-state index in [1.807, 2.05) is 6.07 Å². The van der Waals surface area contributed by atoms with E-state index in [1.54, 1.807) is 12.1 Å². The summed E-state index contributed by atoms with van der Waals surface area (Å²) in [5.41, 5.74) is 1.54. The number of nitrogens with one attached hydrogen (secondary N) is 1. The van der Waals surface area contributed by atoms with Crippen LogP contribution in [0.1, 0.15) is 31.7 Å². The van der Waals surface area contributed by atoms with Crippen LogP contribution in [-0.2, 0) is 9.84 Å². The molecule has 3 rings (SSSR count). The number of sulfone groups is 1. The average Bonchev–Trinajstić information content (AvgIpc) is 2.92. The number of H-pyrrole nitrogens is 1. The van der Waals surface area contributed by atoms with Gasteiger partial charge in [-0.1, -0.05) is 18.9 Å². The van der Waals surface area contributed by atoms with Gasteiger partial charge in [0, 0.05) is 12.3 Å². The minimum atomic E-state index is -3.25. The molecule has 1 N–H and O–H groups in total. The molecule has 0 atom stereocenters. The first kappa shape index (κ1) is 12.9. The number of rotatable bonds is 2. The molecular formula is C13H16N2O2S2. The quantitative estimate of drug-likeness (QED) is 0.866. The average molecular weight is 296 g/mol. The normalized spacial score (nSPS) is 17.3. The van der Waals surface area contributed by atoms with Crippen molar-refractivity contribution < 1.29 is 8.42 Å². The Kier molecular flexibility index (Phi) is 3.02. The molecule has 1 saturated carbocycles. The molecule has 102 valence electrons. The van der Waals surface area contributed by atoms with Crippen LogP contribution < -0.4 is 0 Å². The second kappa shape index (κ2) is 4.45. The fourth-order valence-electron chi connectivity index (χ4n) is 2.96. The van der Waals surface area contributed by atoms with E-state index in [0.29, 0.717) is 21.2 Å². The Hall–Kier alpha value is -1.14. The fraction of sp³-hybridized carbons (Fsp3) is 0.462. The van der Waals surface area contributed by atoms with Crippen LogP contribution in [-0.4, -0.2) is 24.2 Å². The van der Waals surface area contributed by atoms with E-state index in [0.717, 1.165) is 18.4 Å². The van der Waals surface area contributed by atoms with Crippen LogP contribution in [0, 0.1) is 4.77 Å². The summed E-state index contributed by atoms with van der Waals surface area (Å²) in [5, 5.41) is 0. The van der Waals surface area contributed by atoms with Crippen LogP contribution in [0.3, 0.4) is 0 Å². The highest BCUT2D eigenvalue weighted by Gasteiger charge is 2.22. The maximum atomic E-state index is 11.8. The Morgan fingerprint density at radius 2 is 2.00 bits per heavy atom. The van der Waals surface area contributed by atoms with Gasteiger partial charge in [-0.05, 0) is 37.2 Å². The first-order chi connectivity index (χ1) is 8.98. The van der Waals surface area contributed by atoms with E-state index >= 15 is 0 Å². The van der Waals surface area contributed by atoms with E-state index in [4.69, 9.17) is 12.2 Å². The third-order valence-electron chi connectivity index (χ3n) is 3.80. The monoisotopic (exact) mass is 296 g/mol. The summed E-state index contributed by atoms with van der Waals surface area (Å²) in [4.78, 5) is 3.40. The highest BCUT2D eigenvalue weighted by molar-refractivity contribution is 7.91. The molecule has 1 heterocycles. The van der Waals surface area contributed by atoms with Gasteiger partial charge < -0.3 is 9.55 Å². The van der Waals surface area contributed by atoms with Crippen molar-refractivity contribution in [2.24, 2.45) is 0 Å². The maximum Gasteiger partial charge on any atom is 0.178 e. The third kappa shape index (κ3) is 2.12. The number of hydrogen-bond acceptors (Lipinski definition) is 3. The zero-order valence-electron chi connectivity index (χ0n) is 10.7. The number of hydrogen-bond donors (Lipinski definition) is 1. The van der Waals surface area contributed by atoms with Crippen molar-refractivity contribution in [1.29, 1.82) is 0 Å². The Morgan fingerprint density at radius 3 is 2.63 bits per heavy atom. The lowest BCUT2D eigenvalue weighted by Gasteiger charge is -2.12. The molecular weight excluding hydrogens is 280 g/mol. The number of benzene rings is 1. The Labute approximate surface area is 117 Å². The van der Waals surface area contributed by atoms with Crippen molar-refractivity contribution in [2.45, 2.75) is 36.6 Å². The first-order valence-electron chi connectivity index (χ1n) is 6.42. The van der Waals surface area contributed by atoms with Crippen molar-refractivity contribution in [1.82, 2.24) is 9.55 Å². The van der Waals surface area contributed by atoms with Crippen molar-refractivity contribution in [3.05, 3.63) is 23.0 Å². The fourth-order valence-corrected chi connectivity index (χ4v) is 4.16. The van der Waals surface area contributed by atoms with Crippen LogP contribution in [0.25, 0.3) is 11.0 Å². The van der Waals surface area contributed by atoms with Gasteiger partial charge in [0.25, 0.3) is 0 Å². The largest absolute Gasteiger partial charge is 0.329 e. The van der Waals surface area contributed by atoms with E-state index in [9.17, 15) is 8.42 Å². The van der Waals surface area contributed by atoms with Crippen molar-refractivity contribution >= 4 is 33.1 Å². The molecule has 0 aliphatic heterocycles. The van der Waals surface area contributed by atoms with E-state index < -0.39 is 9.84 Å². The molecule has 4 nitrogen and oxygen atoms in total. The molecule has 0 amide bonds. The molecule has 2 aromatic rings. The second-order valence-electron chi connectivity index (χ2n) is 5.16. The van der Waals surface area contributed by atoms with Gasteiger partial charge >= 0.3 is 0 Å². The molecule has 1 aromatic heterocycles. The molecule has 0 radical (unpaired) electrons. The smallest absolute Gasteiger partial charge is 0.178 e. The SMILES string of the molecule is CS(=O)(=O)c1cccc2c1[nH]c(=S)n2C1CCCC1. The summed E-state index contributed by atoms with van der Waals surface area (Å²) >= 11 is 5.38. The Morgan fingerprint density at radius 1 is 1.32 bits per heavy atom. The maximum absolute atomic E-state index is 11.8. The van der Waals surface area contributed by atoms with Crippen LogP contribution in [0.4, 0.5) is 0 Å². The minimum absolute atomic E-state index is 0.327. The summed E-state index contributed by atoms with van der Waals surface area (Å²) < 4.78 is 26.4. The number of aromatic nitrogens is 2. The topological polar surface area (TPSA) is 54.9 Å². The lowest BCUT2D eigenvalue weighted by atomic mass is 10.2. The van der Waals surface area contributed by atoms with Crippen LogP contribution in [0.2, 0.25) is 0 Å². The van der Waals surface area contributed by atoms with Gasteiger partial charge in [-0.15, -0.1) is 0 Å². The number of fused-ring (bicyclic) bond motifs is 1. The van der Waals surface area contributed by atoms with Crippen molar-refractivity contribution in [3.8, 4) is 0 Å². The van der Waals surface area contributed by atoms with Crippen LogP contribution in [0.5, 0.6) is 0 Å². The first-order valence-corrected chi connectivity index (χ1v) is 8.72. The third-order valence-corrected chi connectivity index (χ3v) is 5.24. The summed E-state index contributed by atoms with van der Waals surface area (Å²) in [6.07, 6.45) is 5.88. The molecule has 19 heavy (non-hydrogen) atoms. The molecule has 0 saturated heterocycles. The Balaban J connectivity index is 2.31. The van der Waals surface area contributed by atoms with Gasteiger partial charge in [0.1, 0.15) is 0 Å². The number of imidazole rings is 1. The van der Waals surface area contributed by atoms with Crippen molar-refractivity contribution in [2.75, 3.05) is 6.26 Å². The second-order valence-corrected chi connectivity index (χ2v) is 7.53. The lowest BCUT2D eigenvalue weighted by Crippen LogP contribution is -2.04. The predicted octanol–water partition coefficient (Wildman–Crippen LogP) is 3.22. The van der Waals surface area contributed by atoms with Crippen LogP contribution in [0.15, 0.2) is 23.1 Å². The zero-order valence-corrected chi connectivity index (χ0v) is 12.4. The highest BCUT2D eigenvalue weighted by atomic mass is 32.2. The van der Waals surface area contributed by atoms with Gasteiger partial charge in [-0.25, -0.2) is 8.42 Å². The number of para-hydroxylation sites is 1. The van der Waals surface area contributed by atoms with E-state index in [2.05, 4.69) is 9.55 Å². The summed E-state index contributed by atoms with van der Waals surface area (Å²) in [6, 6.07) is 5.75. The highest BCUT2D eigenvalue weighted by Crippen LogP contribution is 2.33. The van der Waals surface area contributed by atoms with Crippen LogP contribution >= 0.6 is 12.2 Å². The summed E-state index contributed by atoms with van der Waals surface area (Å²) in [7, 11) is -3.25. The minimum Gasteiger partial charge on any atom is -0.329 e. The van der Waals surface area contributed by atoms with Gasteiger partial charge in [-0.3, -0.25) is 0 Å². The van der Waals surface area contributed by atoms with Gasteiger partial charge in [0.2, 0.25) is 0 Å². The van der Waals surface area contributed by atoms with Gasteiger partial charge in [-0.2, -0.15) is 0 Å². The molecule has 0 spiro atoms. The predicted molar refractivity (Wildman–Crippen MR) is 77.7 cm³/mol. The number of nitrogens with zero attached hydrogens (tertiary/aromatic N) is 1. The molecule has 1 fully saturated rings.